The smallest absolute Gasteiger partial charge is 0.258 e. The number of hydrogen-bond acceptors (Lipinski definition) is 7. The molecule has 2 heterocycles. The van der Waals surface area contributed by atoms with Crippen LogP contribution in [-0.4, -0.2) is 29.2 Å². The van der Waals surface area contributed by atoms with E-state index in [0.29, 0.717) is 34.0 Å². The van der Waals surface area contributed by atoms with Gasteiger partial charge < -0.3 is 14.5 Å². The quantitative estimate of drug-likeness (QED) is 0.435. The van der Waals surface area contributed by atoms with Gasteiger partial charge in [0.1, 0.15) is 5.82 Å². The van der Waals surface area contributed by atoms with Gasteiger partial charge >= 0.3 is 0 Å². The molecule has 1 N–H and O–H groups in total. The van der Waals surface area contributed by atoms with Gasteiger partial charge in [-0.3, -0.25) is 4.79 Å². The Hall–Kier alpha value is -2.10. The highest BCUT2D eigenvalue weighted by molar-refractivity contribution is 9.10. The van der Waals surface area contributed by atoms with E-state index in [-0.39, 0.29) is 5.56 Å². The van der Waals surface area contributed by atoms with Crippen LogP contribution in [0.4, 0.5) is 0 Å². The lowest BCUT2D eigenvalue weighted by Gasteiger charge is -2.09. The van der Waals surface area contributed by atoms with Crippen LogP contribution >= 0.6 is 39.0 Å². The Kier molecular flexibility index (Phi) is 5.07. The summed E-state index contributed by atoms with van der Waals surface area (Å²) in [5, 5.41) is 0.464. The number of nitrogens with zero attached hydrogens (tertiary/aromatic N) is 2. The molecule has 0 aliphatic rings. The van der Waals surface area contributed by atoms with Gasteiger partial charge in [0.05, 0.1) is 41.1 Å². The Labute approximate surface area is 171 Å². The van der Waals surface area contributed by atoms with Gasteiger partial charge in [-0.25, -0.2) is 9.97 Å². The van der Waals surface area contributed by atoms with E-state index in [1.807, 2.05) is 18.2 Å². The molecular weight excluding hydrogens is 450 g/mol. The Balaban J connectivity index is 1.63. The third-order valence-electron chi connectivity index (χ3n) is 3.92. The van der Waals surface area contributed by atoms with E-state index in [9.17, 15) is 4.79 Å². The molecule has 0 saturated heterocycles. The molecule has 0 bridgehead atoms. The van der Waals surface area contributed by atoms with Crippen molar-refractivity contribution in [3.63, 3.8) is 0 Å². The molecule has 0 aliphatic carbocycles. The van der Waals surface area contributed by atoms with Crippen molar-refractivity contribution in [1.82, 2.24) is 15.0 Å². The molecule has 4 aromatic rings. The molecule has 4 rings (SSSR count). The number of ether oxygens (including phenoxy) is 2. The monoisotopic (exact) mass is 463 g/mol. The standard InChI is InChI=1S/C18H14BrN3O3S2/c1-24-13-6-10-12(7-14(13)25-2)20-16(22-17(10)23)8-26-18-21-11-4-3-9(19)5-15(11)27-18/h3-7H,8H2,1-2H3,(H,20,22,23). The number of aromatic amines is 1. The van der Waals surface area contributed by atoms with E-state index in [2.05, 4.69) is 30.9 Å². The average Bonchev–Trinajstić information content (AvgIpc) is 3.07. The number of thioether (sulfide) groups is 1. The van der Waals surface area contributed by atoms with Gasteiger partial charge in [0.25, 0.3) is 5.56 Å². The molecule has 0 amide bonds. The maximum Gasteiger partial charge on any atom is 0.258 e. The fourth-order valence-electron chi connectivity index (χ4n) is 2.65. The molecule has 2 aromatic carbocycles. The van der Waals surface area contributed by atoms with E-state index >= 15 is 0 Å². The van der Waals surface area contributed by atoms with E-state index < -0.39 is 0 Å². The molecule has 0 saturated carbocycles. The summed E-state index contributed by atoms with van der Waals surface area (Å²) in [6.07, 6.45) is 0. The number of benzene rings is 2. The summed E-state index contributed by atoms with van der Waals surface area (Å²) in [6, 6.07) is 9.36. The SMILES string of the molecule is COc1cc2nc(CSc3nc4ccc(Br)cc4s3)[nH]c(=O)c2cc1OC. The summed E-state index contributed by atoms with van der Waals surface area (Å²) in [6.45, 7) is 0. The van der Waals surface area contributed by atoms with Crippen LogP contribution in [0.2, 0.25) is 0 Å². The molecule has 0 fully saturated rings. The van der Waals surface area contributed by atoms with Crippen LogP contribution in [0, 0.1) is 0 Å². The Morgan fingerprint density at radius 3 is 2.67 bits per heavy atom. The minimum Gasteiger partial charge on any atom is -0.493 e. The van der Waals surface area contributed by atoms with Gasteiger partial charge in [0.15, 0.2) is 15.8 Å². The van der Waals surface area contributed by atoms with Gasteiger partial charge in [-0.05, 0) is 24.3 Å². The number of fused-ring (bicyclic) bond motifs is 2. The maximum atomic E-state index is 12.4. The first-order valence-electron chi connectivity index (χ1n) is 7.91. The van der Waals surface area contributed by atoms with Crippen molar-refractivity contribution in [2.45, 2.75) is 10.1 Å². The fourth-order valence-corrected chi connectivity index (χ4v) is 5.14. The molecular formula is C18H14BrN3O3S2. The number of aromatic nitrogens is 3. The Bertz CT molecular complexity index is 1210. The second-order valence-electron chi connectivity index (χ2n) is 5.62. The number of rotatable bonds is 5. The van der Waals surface area contributed by atoms with Crippen molar-refractivity contribution in [2.75, 3.05) is 14.2 Å². The lowest BCUT2D eigenvalue weighted by molar-refractivity contribution is 0.355. The normalized spacial score (nSPS) is 11.2. The van der Waals surface area contributed by atoms with Crippen molar-refractivity contribution in [3.8, 4) is 11.5 Å². The van der Waals surface area contributed by atoms with Gasteiger partial charge in [0, 0.05) is 10.5 Å². The summed E-state index contributed by atoms with van der Waals surface area (Å²) in [4.78, 5) is 24.4. The molecule has 2 aromatic heterocycles. The molecule has 0 aliphatic heterocycles. The average molecular weight is 464 g/mol. The van der Waals surface area contributed by atoms with Gasteiger partial charge in [0.2, 0.25) is 0 Å². The van der Waals surface area contributed by atoms with E-state index in [1.54, 1.807) is 42.3 Å². The maximum absolute atomic E-state index is 12.4. The zero-order chi connectivity index (χ0) is 19.0. The van der Waals surface area contributed by atoms with Gasteiger partial charge in [-0.1, -0.05) is 27.7 Å². The first-order chi connectivity index (χ1) is 13.1. The zero-order valence-corrected chi connectivity index (χ0v) is 17.6. The molecule has 0 radical (unpaired) electrons. The lowest BCUT2D eigenvalue weighted by atomic mass is 10.2. The van der Waals surface area contributed by atoms with Crippen LogP contribution in [0.3, 0.4) is 0 Å². The summed E-state index contributed by atoms with van der Waals surface area (Å²) in [5.41, 5.74) is 1.33. The van der Waals surface area contributed by atoms with Gasteiger partial charge in [-0.2, -0.15) is 0 Å². The van der Waals surface area contributed by atoms with Crippen molar-refractivity contribution in [1.29, 1.82) is 0 Å². The molecule has 6 nitrogen and oxygen atoms in total. The van der Waals surface area contributed by atoms with E-state index in [0.717, 1.165) is 19.0 Å². The molecule has 0 spiro atoms. The van der Waals surface area contributed by atoms with Crippen LogP contribution in [-0.2, 0) is 5.75 Å². The largest absolute Gasteiger partial charge is 0.493 e. The summed E-state index contributed by atoms with van der Waals surface area (Å²) < 4.78 is 13.6. The van der Waals surface area contributed by atoms with Crippen LogP contribution in [0.15, 0.2) is 43.9 Å². The predicted octanol–water partition coefficient (Wildman–Crippen LogP) is 4.60. The second-order valence-corrected chi connectivity index (χ2v) is 8.79. The van der Waals surface area contributed by atoms with E-state index in [4.69, 9.17) is 9.47 Å². The fraction of sp³-hybridized carbons (Fsp3) is 0.167. The number of halogens is 1. The highest BCUT2D eigenvalue weighted by Gasteiger charge is 2.12. The highest BCUT2D eigenvalue weighted by atomic mass is 79.9. The Morgan fingerprint density at radius 1 is 1.11 bits per heavy atom. The first kappa shape index (κ1) is 18.3. The summed E-state index contributed by atoms with van der Waals surface area (Å²) >= 11 is 6.63. The topological polar surface area (TPSA) is 77.1 Å². The highest BCUT2D eigenvalue weighted by Crippen LogP contribution is 2.33. The molecule has 0 atom stereocenters. The number of hydrogen-bond donors (Lipinski definition) is 1. The van der Waals surface area contributed by atoms with Crippen LogP contribution in [0.5, 0.6) is 11.5 Å². The number of nitrogens with one attached hydrogen (secondary N) is 1. The van der Waals surface area contributed by atoms with Crippen LogP contribution in [0.25, 0.3) is 21.1 Å². The van der Waals surface area contributed by atoms with Crippen molar-refractivity contribution < 1.29 is 9.47 Å². The first-order valence-corrected chi connectivity index (χ1v) is 10.5. The molecule has 9 heteroatoms. The third kappa shape index (κ3) is 3.67. The number of H-pyrrole nitrogens is 1. The molecule has 0 unspecified atom stereocenters. The minimum absolute atomic E-state index is 0.204. The van der Waals surface area contributed by atoms with Gasteiger partial charge in [-0.15, -0.1) is 11.3 Å². The minimum atomic E-state index is -0.204. The lowest BCUT2D eigenvalue weighted by Crippen LogP contribution is -2.11. The molecule has 27 heavy (non-hydrogen) atoms. The van der Waals surface area contributed by atoms with Crippen LogP contribution in [0.1, 0.15) is 5.82 Å². The third-order valence-corrected chi connectivity index (χ3v) is 6.59. The van der Waals surface area contributed by atoms with E-state index in [1.165, 1.54) is 7.11 Å². The number of thiazole rings is 1. The van der Waals surface area contributed by atoms with Crippen LogP contribution < -0.4 is 15.0 Å². The van der Waals surface area contributed by atoms with Crippen molar-refractivity contribution in [2.24, 2.45) is 0 Å². The zero-order valence-electron chi connectivity index (χ0n) is 14.4. The predicted molar refractivity (Wildman–Crippen MR) is 112 cm³/mol. The Morgan fingerprint density at radius 2 is 1.89 bits per heavy atom. The van der Waals surface area contributed by atoms with Crippen molar-refractivity contribution in [3.05, 3.63) is 51.0 Å². The second kappa shape index (κ2) is 7.49. The summed E-state index contributed by atoms with van der Waals surface area (Å²) in [7, 11) is 3.09. The number of methoxy groups -OCH3 is 2. The summed E-state index contributed by atoms with van der Waals surface area (Å²) in [5.74, 6) is 2.14. The molecule has 138 valence electrons. The van der Waals surface area contributed by atoms with Crippen molar-refractivity contribution >= 4 is 60.1 Å².